The van der Waals surface area contributed by atoms with Crippen molar-refractivity contribution in [1.29, 1.82) is 0 Å². The highest BCUT2D eigenvalue weighted by atomic mass is 16.5. The topological polar surface area (TPSA) is 56.8 Å². The van der Waals surface area contributed by atoms with Gasteiger partial charge in [-0.05, 0) is 29.3 Å². The molecule has 1 aliphatic heterocycles. The van der Waals surface area contributed by atoms with Crippen molar-refractivity contribution in [3.05, 3.63) is 59.7 Å². The lowest BCUT2D eigenvalue weighted by molar-refractivity contribution is 0.0951. The summed E-state index contributed by atoms with van der Waals surface area (Å²) in [5, 5.41) is 2.74. The minimum Gasteiger partial charge on any atom is -0.487 e. The third kappa shape index (κ3) is 4.02. The minimum atomic E-state index is -0.471. The van der Waals surface area contributed by atoms with Gasteiger partial charge in [-0.15, -0.1) is 0 Å². The molecule has 1 amide bonds. The summed E-state index contributed by atoms with van der Waals surface area (Å²) in [6, 6.07) is 15.1. The Morgan fingerprint density at radius 3 is 2.87 bits per heavy atom. The molecule has 0 bridgehead atoms. The van der Waals surface area contributed by atoms with Crippen LogP contribution in [0, 0.1) is 0 Å². The van der Waals surface area contributed by atoms with Gasteiger partial charge in [0.15, 0.2) is 0 Å². The number of nitrogens with one attached hydrogen (secondary N) is 1. The first-order chi connectivity index (χ1) is 11.2. The summed E-state index contributed by atoms with van der Waals surface area (Å²) in [5.74, 6) is 0.843. The lowest BCUT2D eigenvalue weighted by Crippen LogP contribution is -2.19. The number of hydrogen-bond acceptors (Lipinski definition) is 4. The van der Waals surface area contributed by atoms with E-state index in [1.54, 1.807) is 13.2 Å². The molecule has 1 atom stereocenters. The summed E-state index contributed by atoms with van der Waals surface area (Å²) in [7, 11) is 1.65. The Bertz CT molecular complexity index is 672. The molecular formula is C18H19NO4. The Morgan fingerprint density at radius 2 is 2.09 bits per heavy atom. The predicted octanol–water partition coefficient (Wildman–Crippen LogP) is 3.39. The summed E-state index contributed by atoms with van der Waals surface area (Å²) in [4.78, 5) is 11.9. The van der Waals surface area contributed by atoms with Crippen LogP contribution in [0.1, 0.15) is 11.1 Å². The first kappa shape index (κ1) is 15.4. The number of carbonyl (C=O) groups excluding carboxylic acids is 1. The number of carbonyl (C=O) groups is 1. The molecule has 1 unspecified atom stereocenters. The highest BCUT2D eigenvalue weighted by Gasteiger charge is 2.23. The van der Waals surface area contributed by atoms with Crippen LogP contribution in [0.5, 0.6) is 5.75 Å². The summed E-state index contributed by atoms with van der Waals surface area (Å²) in [5.41, 5.74) is 2.71. The fraction of sp³-hybridized carbons (Fsp3) is 0.278. The monoisotopic (exact) mass is 313 g/mol. The lowest BCUT2D eigenvalue weighted by atomic mass is 10.1. The highest BCUT2D eigenvalue weighted by molar-refractivity contribution is 5.84. The average molecular weight is 313 g/mol. The molecule has 1 aliphatic rings. The SMILES string of the molecule is COCC1Cc2cc(NC(=O)OCc3ccccc3)ccc2O1. The first-order valence-corrected chi connectivity index (χ1v) is 7.51. The molecule has 0 saturated heterocycles. The first-order valence-electron chi connectivity index (χ1n) is 7.51. The normalized spacial score (nSPS) is 15.6. The molecule has 23 heavy (non-hydrogen) atoms. The molecule has 0 radical (unpaired) electrons. The second-order valence-corrected chi connectivity index (χ2v) is 5.41. The van der Waals surface area contributed by atoms with Gasteiger partial charge in [0.25, 0.3) is 0 Å². The van der Waals surface area contributed by atoms with Crippen LogP contribution in [0.2, 0.25) is 0 Å². The molecule has 2 aromatic rings. The molecule has 0 aliphatic carbocycles. The van der Waals surface area contributed by atoms with Crippen LogP contribution in [0.3, 0.4) is 0 Å². The number of benzene rings is 2. The molecule has 5 heteroatoms. The van der Waals surface area contributed by atoms with Crippen molar-refractivity contribution in [1.82, 2.24) is 0 Å². The number of ether oxygens (including phenoxy) is 3. The fourth-order valence-corrected chi connectivity index (χ4v) is 2.55. The van der Waals surface area contributed by atoms with E-state index in [1.807, 2.05) is 42.5 Å². The number of hydrogen-bond donors (Lipinski definition) is 1. The minimum absolute atomic E-state index is 0.0373. The van der Waals surface area contributed by atoms with Crippen molar-refractivity contribution in [2.45, 2.75) is 19.1 Å². The Balaban J connectivity index is 1.55. The van der Waals surface area contributed by atoms with Gasteiger partial charge in [-0.3, -0.25) is 5.32 Å². The summed E-state index contributed by atoms with van der Waals surface area (Å²) < 4.78 is 16.1. The van der Waals surface area contributed by atoms with Crippen LogP contribution in [-0.4, -0.2) is 25.9 Å². The Morgan fingerprint density at radius 1 is 1.26 bits per heavy atom. The maximum absolute atomic E-state index is 11.9. The summed E-state index contributed by atoms with van der Waals surface area (Å²) >= 11 is 0. The van der Waals surface area contributed by atoms with Gasteiger partial charge in [-0.2, -0.15) is 0 Å². The van der Waals surface area contributed by atoms with Crippen LogP contribution < -0.4 is 10.1 Å². The zero-order valence-electron chi connectivity index (χ0n) is 13.0. The van der Waals surface area contributed by atoms with Crippen molar-refractivity contribution in [3.8, 4) is 5.75 Å². The van der Waals surface area contributed by atoms with Crippen LogP contribution in [0.25, 0.3) is 0 Å². The van der Waals surface area contributed by atoms with Gasteiger partial charge in [0, 0.05) is 19.2 Å². The summed E-state index contributed by atoms with van der Waals surface area (Å²) in [6.07, 6.45) is 0.342. The Kier molecular flexibility index (Phi) is 4.78. The van der Waals surface area contributed by atoms with E-state index in [2.05, 4.69) is 5.32 Å². The molecule has 5 nitrogen and oxygen atoms in total. The van der Waals surface area contributed by atoms with Gasteiger partial charge in [0.1, 0.15) is 18.5 Å². The van der Waals surface area contributed by atoms with E-state index in [0.717, 1.165) is 23.3 Å². The van der Waals surface area contributed by atoms with Gasteiger partial charge < -0.3 is 14.2 Å². The predicted molar refractivity (Wildman–Crippen MR) is 86.7 cm³/mol. The van der Waals surface area contributed by atoms with Crippen molar-refractivity contribution in [2.24, 2.45) is 0 Å². The third-order valence-electron chi connectivity index (χ3n) is 3.61. The van der Waals surface area contributed by atoms with Crippen LogP contribution in [-0.2, 0) is 22.5 Å². The Hall–Kier alpha value is -2.53. The van der Waals surface area contributed by atoms with E-state index >= 15 is 0 Å². The fourth-order valence-electron chi connectivity index (χ4n) is 2.55. The molecule has 0 fully saturated rings. The number of anilines is 1. The molecule has 2 aromatic carbocycles. The Labute approximate surface area is 135 Å². The number of methoxy groups -OCH3 is 1. The van der Waals surface area contributed by atoms with E-state index < -0.39 is 6.09 Å². The standard InChI is InChI=1S/C18H19NO4/c1-21-12-16-10-14-9-15(7-8-17(14)23-16)19-18(20)22-11-13-5-3-2-4-6-13/h2-9,16H,10-12H2,1H3,(H,19,20). The van der Waals surface area contributed by atoms with Crippen LogP contribution in [0.4, 0.5) is 10.5 Å². The van der Waals surface area contributed by atoms with E-state index in [0.29, 0.717) is 12.3 Å². The second-order valence-electron chi connectivity index (χ2n) is 5.41. The van der Waals surface area contributed by atoms with E-state index in [1.165, 1.54) is 0 Å². The number of amides is 1. The van der Waals surface area contributed by atoms with Gasteiger partial charge in [0.2, 0.25) is 0 Å². The average Bonchev–Trinajstić information content (AvgIpc) is 2.96. The highest BCUT2D eigenvalue weighted by Crippen LogP contribution is 2.31. The molecule has 3 rings (SSSR count). The number of rotatable bonds is 5. The van der Waals surface area contributed by atoms with Gasteiger partial charge >= 0.3 is 6.09 Å². The molecular weight excluding hydrogens is 294 g/mol. The zero-order chi connectivity index (χ0) is 16.1. The zero-order valence-corrected chi connectivity index (χ0v) is 13.0. The quantitative estimate of drug-likeness (QED) is 0.919. The molecule has 1 heterocycles. The van der Waals surface area contributed by atoms with Crippen molar-refractivity contribution in [3.63, 3.8) is 0 Å². The van der Waals surface area contributed by atoms with E-state index in [4.69, 9.17) is 14.2 Å². The maximum Gasteiger partial charge on any atom is 0.411 e. The van der Waals surface area contributed by atoms with Crippen LogP contribution >= 0.6 is 0 Å². The molecule has 120 valence electrons. The van der Waals surface area contributed by atoms with Crippen molar-refractivity contribution in [2.75, 3.05) is 19.0 Å². The van der Waals surface area contributed by atoms with Crippen molar-refractivity contribution < 1.29 is 19.0 Å². The molecule has 0 saturated carbocycles. The molecule has 1 N–H and O–H groups in total. The third-order valence-corrected chi connectivity index (χ3v) is 3.61. The lowest BCUT2D eigenvalue weighted by Gasteiger charge is -2.08. The smallest absolute Gasteiger partial charge is 0.411 e. The van der Waals surface area contributed by atoms with Gasteiger partial charge in [-0.1, -0.05) is 30.3 Å². The summed E-state index contributed by atoms with van der Waals surface area (Å²) in [6.45, 7) is 0.799. The largest absolute Gasteiger partial charge is 0.487 e. The van der Waals surface area contributed by atoms with Crippen LogP contribution in [0.15, 0.2) is 48.5 Å². The maximum atomic E-state index is 11.9. The van der Waals surface area contributed by atoms with Gasteiger partial charge in [-0.25, -0.2) is 4.79 Å². The van der Waals surface area contributed by atoms with E-state index in [9.17, 15) is 4.79 Å². The van der Waals surface area contributed by atoms with E-state index in [-0.39, 0.29) is 12.7 Å². The van der Waals surface area contributed by atoms with Crippen molar-refractivity contribution >= 4 is 11.8 Å². The van der Waals surface area contributed by atoms with Gasteiger partial charge in [0.05, 0.1) is 6.61 Å². The number of fused-ring (bicyclic) bond motifs is 1. The second kappa shape index (κ2) is 7.15. The molecule has 0 aromatic heterocycles. The molecule has 0 spiro atoms.